The third-order valence-corrected chi connectivity index (χ3v) is 4.31. The van der Waals surface area contributed by atoms with E-state index in [1.807, 2.05) is 0 Å². The van der Waals surface area contributed by atoms with Crippen molar-refractivity contribution in [3.63, 3.8) is 0 Å². The molecule has 6 nitrogen and oxygen atoms in total. The molecule has 2 rings (SSSR count). The van der Waals surface area contributed by atoms with Gasteiger partial charge in [0.15, 0.2) is 0 Å². The lowest BCUT2D eigenvalue weighted by atomic mass is 10.2. The van der Waals surface area contributed by atoms with Crippen molar-refractivity contribution >= 4 is 33.3 Å². The first kappa shape index (κ1) is 15.3. The summed E-state index contributed by atoms with van der Waals surface area (Å²) in [5.41, 5.74) is 0.807. The summed E-state index contributed by atoms with van der Waals surface area (Å²) in [5, 5.41) is 8.94. The summed E-state index contributed by atoms with van der Waals surface area (Å²) in [6.07, 6.45) is 2.95. The van der Waals surface area contributed by atoms with Crippen LogP contribution in [0.2, 0.25) is 5.02 Å². The van der Waals surface area contributed by atoms with Crippen LogP contribution in [0.15, 0.2) is 41.6 Å². The van der Waals surface area contributed by atoms with Gasteiger partial charge in [-0.3, -0.25) is 9.71 Å². The number of aromatic nitrogens is 1. The molecule has 0 aliphatic carbocycles. The van der Waals surface area contributed by atoms with E-state index < -0.39 is 16.0 Å². The maximum Gasteiger partial charge on any atom is 0.337 e. The molecule has 0 aliphatic heterocycles. The molecule has 0 atom stereocenters. The van der Waals surface area contributed by atoms with Gasteiger partial charge in [-0.25, -0.2) is 13.2 Å². The van der Waals surface area contributed by atoms with Crippen LogP contribution in [0, 0.1) is 6.92 Å². The molecule has 8 heteroatoms. The number of carbonyl (C=O) groups is 1. The number of hydrogen-bond acceptors (Lipinski definition) is 4. The van der Waals surface area contributed by atoms with Crippen LogP contribution in [0.25, 0.3) is 0 Å². The Labute approximate surface area is 126 Å². The summed E-state index contributed by atoms with van der Waals surface area (Å²) in [7, 11) is -3.91. The van der Waals surface area contributed by atoms with Crippen LogP contribution in [-0.4, -0.2) is 24.5 Å². The minimum absolute atomic E-state index is 0.0290. The lowest BCUT2D eigenvalue weighted by Crippen LogP contribution is -2.14. The lowest BCUT2D eigenvalue weighted by molar-refractivity contribution is 0.0697. The van der Waals surface area contributed by atoms with Gasteiger partial charge in [0.1, 0.15) is 0 Å². The number of rotatable bonds is 4. The van der Waals surface area contributed by atoms with Crippen molar-refractivity contribution in [2.75, 3.05) is 4.72 Å². The smallest absolute Gasteiger partial charge is 0.337 e. The van der Waals surface area contributed by atoms with Crippen LogP contribution in [0.3, 0.4) is 0 Å². The molecule has 0 unspecified atom stereocenters. The Hall–Kier alpha value is -2.12. The SMILES string of the molecule is Cc1cncc(NS(=O)(=O)c2ccc(Cl)c(C(=O)O)c2)c1. The Balaban J connectivity index is 2.40. The van der Waals surface area contributed by atoms with E-state index in [0.717, 1.165) is 11.6 Å². The highest BCUT2D eigenvalue weighted by atomic mass is 35.5. The zero-order chi connectivity index (χ0) is 15.6. The normalized spacial score (nSPS) is 11.1. The molecule has 2 N–H and O–H groups in total. The molecule has 0 aliphatic rings. The molecule has 0 saturated heterocycles. The number of halogens is 1. The quantitative estimate of drug-likeness (QED) is 0.900. The predicted molar refractivity (Wildman–Crippen MR) is 78.2 cm³/mol. The fourth-order valence-electron chi connectivity index (χ4n) is 1.66. The van der Waals surface area contributed by atoms with Crippen molar-refractivity contribution in [2.45, 2.75) is 11.8 Å². The molecule has 0 amide bonds. The molecule has 1 aromatic carbocycles. The van der Waals surface area contributed by atoms with E-state index in [-0.39, 0.29) is 15.5 Å². The molecule has 0 radical (unpaired) electrons. The second-order valence-electron chi connectivity index (χ2n) is 4.30. The number of aromatic carboxylic acids is 1. The van der Waals surface area contributed by atoms with Crippen molar-refractivity contribution in [1.82, 2.24) is 4.98 Å². The minimum atomic E-state index is -3.91. The van der Waals surface area contributed by atoms with Crippen LogP contribution >= 0.6 is 11.6 Å². The summed E-state index contributed by atoms with van der Waals surface area (Å²) >= 11 is 5.72. The van der Waals surface area contributed by atoms with Crippen LogP contribution in [-0.2, 0) is 10.0 Å². The summed E-state index contributed by atoms with van der Waals surface area (Å²) in [6, 6.07) is 5.09. The number of nitrogens with zero attached hydrogens (tertiary/aromatic N) is 1. The molecule has 2 aromatic rings. The zero-order valence-electron chi connectivity index (χ0n) is 10.9. The van der Waals surface area contributed by atoms with E-state index in [1.165, 1.54) is 18.3 Å². The Morgan fingerprint density at radius 2 is 2.00 bits per heavy atom. The van der Waals surface area contributed by atoms with Crippen molar-refractivity contribution in [2.24, 2.45) is 0 Å². The summed E-state index contributed by atoms with van der Waals surface area (Å²) in [6.45, 7) is 1.77. The average Bonchev–Trinajstić information content (AvgIpc) is 2.38. The molecule has 0 saturated carbocycles. The average molecular weight is 327 g/mol. The maximum atomic E-state index is 12.2. The number of benzene rings is 1. The zero-order valence-corrected chi connectivity index (χ0v) is 12.4. The van der Waals surface area contributed by atoms with Gasteiger partial charge in [0.2, 0.25) is 0 Å². The number of pyridine rings is 1. The lowest BCUT2D eigenvalue weighted by Gasteiger charge is -2.09. The molecule has 1 heterocycles. The second-order valence-corrected chi connectivity index (χ2v) is 6.39. The van der Waals surface area contributed by atoms with Crippen LogP contribution in [0.4, 0.5) is 5.69 Å². The Morgan fingerprint density at radius 1 is 1.29 bits per heavy atom. The van der Waals surface area contributed by atoms with Gasteiger partial charge >= 0.3 is 5.97 Å². The van der Waals surface area contributed by atoms with Gasteiger partial charge in [-0.05, 0) is 36.8 Å². The van der Waals surface area contributed by atoms with E-state index in [4.69, 9.17) is 16.7 Å². The number of aryl methyl sites for hydroxylation is 1. The highest BCUT2D eigenvalue weighted by Gasteiger charge is 2.18. The fraction of sp³-hybridized carbons (Fsp3) is 0.0769. The largest absolute Gasteiger partial charge is 0.478 e. The van der Waals surface area contributed by atoms with E-state index in [2.05, 4.69) is 9.71 Å². The molecular weight excluding hydrogens is 316 g/mol. The monoisotopic (exact) mass is 326 g/mol. The van der Waals surface area contributed by atoms with Crippen molar-refractivity contribution < 1.29 is 18.3 Å². The van der Waals surface area contributed by atoms with E-state index in [9.17, 15) is 13.2 Å². The van der Waals surface area contributed by atoms with Gasteiger partial charge in [0.25, 0.3) is 10.0 Å². The van der Waals surface area contributed by atoms with E-state index >= 15 is 0 Å². The summed E-state index contributed by atoms with van der Waals surface area (Å²) in [5.74, 6) is -1.30. The first-order chi connectivity index (χ1) is 9.79. The molecule has 21 heavy (non-hydrogen) atoms. The Bertz CT molecular complexity index is 806. The van der Waals surface area contributed by atoms with Crippen LogP contribution in [0.1, 0.15) is 15.9 Å². The van der Waals surface area contributed by atoms with Gasteiger partial charge in [-0.2, -0.15) is 0 Å². The summed E-state index contributed by atoms with van der Waals surface area (Å²) < 4.78 is 26.8. The number of anilines is 1. The standard InChI is InChI=1S/C13H11ClN2O4S/c1-8-4-9(7-15-6-8)16-21(19,20)10-2-3-12(14)11(5-10)13(17)18/h2-7,16H,1H3,(H,17,18). The van der Waals surface area contributed by atoms with Crippen LogP contribution in [0.5, 0.6) is 0 Å². The number of carboxylic acid groups (broad SMARTS) is 1. The Morgan fingerprint density at radius 3 is 2.62 bits per heavy atom. The third kappa shape index (κ3) is 3.50. The molecular formula is C13H11ClN2O4S. The van der Waals surface area contributed by atoms with E-state index in [1.54, 1.807) is 19.2 Å². The molecule has 1 aromatic heterocycles. The Kier molecular flexibility index (Phi) is 4.15. The van der Waals surface area contributed by atoms with Gasteiger partial charge in [-0.15, -0.1) is 0 Å². The maximum absolute atomic E-state index is 12.2. The van der Waals surface area contributed by atoms with Crippen molar-refractivity contribution in [3.8, 4) is 0 Å². The highest BCUT2D eigenvalue weighted by molar-refractivity contribution is 7.92. The van der Waals surface area contributed by atoms with Gasteiger partial charge in [-0.1, -0.05) is 11.6 Å². The number of nitrogens with one attached hydrogen (secondary N) is 1. The summed E-state index contributed by atoms with van der Waals surface area (Å²) in [4.78, 5) is 14.7. The number of carboxylic acids is 1. The van der Waals surface area contributed by atoms with Crippen molar-refractivity contribution in [3.05, 3.63) is 52.8 Å². The highest BCUT2D eigenvalue weighted by Crippen LogP contribution is 2.22. The molecule has 0 spiro atoms. The number of hydrogen-bond donors (Lipinski definition) is 2. The predicted octanol–water partition coefficient (Wildman–Crippen LogP) is 2.54. The molecule has 110 valence electrons. The van der Waals surface area contributed by atoms with Crippen molar-refractivity contribution in [1.29, 1.82) is 0 Å². The number of sulfonamides is 1. The van der Waals surface area contributed by atoms with Crippen LogP contribution < -0.4 is 4.72 Å². The fourth-order valence-corrected chi connectivity index (χ4v) is 2.92. The molecule has 0 fully saturated rings. The van der Waals surface area contributed by atoms with Gasteiger partial charge < -0.3 is 5.11 Å². The van der Waals surface area contributed by atoms with E-state index in [0.29, 0.717) is 5.69 Å². The second kappa shape index (κ2) is 5.71. The van der Waals surface area contributed by atoms with Gasteiger partial charge in [0, 0.05) is 6.20 Å². The first-order valence-corrected chi connectivity index (χ1v) is 7.63. The minimum Gasteiger partial charge on any atom is -0.478 e. The topological polar surface area (TPSA) is 96.4 Å². The third-order valence-electron chi connectivity index (χ3n) is 2.61. The molecule has 0 bridgehead atoms. The first-order valence-electron chi connectivity index (χ1n) is 5.77. The van der Waals surface area contributed by atoms with Gasteiger partial charge in [0.05, 0.1) is 27.4 Å².